The summed E-state index contributed by atoms with van der Waals surface area (Å²) >= 11 is 6.92. The Morgan fingerprint density at radius 2 is 1.91 bits per heavy atom. The molecule has 0 aliphatic carbocycles. The fourth-order valence-corrected chi connectivity index (χ4v) is 4.57. The van der Waals surface area contributed by atoms with Crippen LogP contribution >= 0.6 is 23.6 Å². The molecule has 0 spiro atoms. The highest BCUT2D eigenvalue weighted by Gasteiger charge is 2.28. The van der Waals surface area contributed by atoms with Crippen molar-refractivity contribution in [2.75, 3.05) is 11.9 Å². The van der Waals surface area contributed by atoms with Crippen LogP contribution in [0.1, 0.15) is 18.1 Å². The molecule has 1 unspecified atom stereocenters. The molecule has 172 valence electrons. The van der Waals surface area contributed by atoms with Crippen molar-refractivity contribution in [1.82, 2.24) is 10.2 Å². The molecule has 33 heavy (non-hydrogen) atoms. The zero-order valence-electron chi connectivity index (χ0n) is 17.6. The minimum absolute atomic E-state index is 0.130. The minimum Gasteiger partial charge on any atom is -0.350 e. The second kappa shape index (κ2) is 10.6. The number of hydrogen-bond acceptors (Lipinski definition) is 4. The first-order valence-electron chi connectivity index (χ1n) is 10.1. The fourth-order valence-electron chi connectivity index (χ4n) is 3.34. The molecule has 0 aliphatic heterocycles. The summed E-state index contributed by atoms with van der Waals surface area (Å²) in [5, 5.41) is 18.3. The predicted molar refractivity (Wildman–Crippen MR) is 128 cm³/mol. The van der Waals surface area contributed by atoms with E-state index < -0.39 is 24.5 Å². The van der Waals surface area contributed by atoms with Gasteiger partial charge in [-0.15, -0.1) is 11.3 Å². The van der Waals surface area contributed by atoms with Gasteiger partial charge in [0, 0.05) is 23.4 Å². The van der Waals surface area contributed by atoms with E-state index in [0.29, 0.717) is 12.1 Å². The highest BCUT2D eigenvalue weighted by molar-refractivity contribution is 7.80. The molecule has 1 atom stereocenters. The monoisotopic (exact) mass is 490 g/mol. The Morgan fingerprint density at radius 1 is 1.21 bits per heavy atom. The van der Waals surface area contributed by atoms with Crippen molar-refractivity contribution in [3.8, 4) is 6.19 Å². The maximum atomic E-state index is 13.0. The normalized spacial score (nSPS) is 12.1. The molecular weight excluding hydrogens is 469 g/mol. The summed E-state index contributed by atoms with van der Waals surface area (Å²) in [6.45, 7) is 1.93. The Hall–Kier alpha value is -3.16. The van der Waals surface area contributed by atoms with Crippen LogP contribution in [0.3, 0.4) is 0 Å². The number of halogens is 3. The molecule has 2 aromatic carbocycles. The Bertz CT molecular complexity index is 1170. The van der Waals surface area contributed by atoms with E-state index in [4.69, 9.17) is 12.2 Å². The van der Waals surface area contributed by atoms with Gasteiger partial charge >= 0.3 is 6.18 Å². The number of rotatable bonds is 7. The van der Waals surface area contributed by atoms with E-state index in [2.05, 4.69) is 10.6 Å². The van der Waals surface area contributed by atoms with Gasteiger partial charge in [0.05, 0.1) is 6.42 Å². The summed E-state index contributed by atoms with van der Waals surface area (Å²) in [7, 11) is 0. The van der Waals surface area contributed by atoms with Crippen molar-refractivity contribution >= 4 is 50.3 Å². The van der Waals surface area contributed by atoms with Gasteiger partial charge in [0.25, 0.3) is 5.91 Å². The second-order valence-corrected chi connectivity index (χ2v) is 8.60. The number of amides is 1. The quantitative estimate of drug-likeness (QED) is 0.270. The molecule has 1 amide bonds. The molecule has 0 radical (unpaired) electrons. The van der Waals surface area contributed by atoms with Gasteiger partial charge in [-0.3, -0.25) is 4.79 Å². The van der Waals surface area contributed by atoms with E-state index in [1.165, 1.54) is 24.3 Å². The van der Waals surface area contributed by atoms with Crippen LogP contribution in [-0.4, -0.2) is 34.7 Å². The highest BCUT2D eigenvalue weighted by atomic mass is 32.1. The summed E-state index contributed by atoms with van der Waals surface area (Å²) in [6.07, 6.45) is -3.09. The van der Waals surface area contributed by atoms with Gasteiger partial charge in [-0.05, 0) is 59.2 Å². The van der Waals surface area contributed by atoms with E-state index in [1.807, 2.05) is 35.8 Å². The van der Waals surface area contributed by atoms with Crippen molar-refractivity contribution in [3.05, 3.63) is 65.0 Å². The van der Waals surface area contributed by atoms with Gasteiger partial charge in [-0.2, -0.15) is 18.4 Å². The number of carbonyl (C=O) groups excluding carboxylic acids is 1. The largest absolute Gasteiger partial charge is 0.393 e. The zero-order chi connectivity index (χ0) is 24.0. The number of thiophene rings is 1. The lowest BCUT2D eigenvalue weighted by Gasteiger charge is -2.23. The molecule has 2 N–H and O–H groups in total. The number of anilines is 1. The van der Waals surface area contributed by atoms with Crippen molar-refractivity contribution in [3.63, 3.8) is 0 Å². The molecule has 10 heteroatoms. The number of nitriles is 1. The summed E-state index contributed by atoms with van der Waals surface area (Å²) in [4.78, 5) is 14.0. The van der Waals surface area contributed by atoms with Gasteiger partial charge in [0.15, 0.2) is 11.3 Å². The third-order valence-corrected chi connectivity index (χ3v) is 6.14. The Kier molecular flexibility index (Phi) is 7.89. The number of carbonyl (C=O) groups is 1. The number of thiocarbonyl (C=S) groups is 1. The summed E-state index contributed by atoms with van der Waals surface area (Å²) < 4.78 is 38.7. The third kappa shape index (κ3) is 6.66. The fraction of sp³-hybridized carbons (Fsp3) is 0.261. The van der Waals surface area contributed by atoms with Gasteiger partial charge in [-0.1, -0.05) is 30.3 Å². The highest BCUT2D eigenvalue weighted by Crippen LogP contribution is 2.27. The van der Waals surface area contributed by atoms with Gasteiger partial charge < -0.3 is 10.6 Å². The van der Waals surface area contributed by atoms with E-state index in [-0.39, 0.29) is 17.2 Å². The standard InChI is InChI=1S/C23H21F3N4OS2/c1-2-30(14-27)21(31)19(11-16-13-33-20-6-4-3-5-18(16)20)29-22(32)28-17-9-7-15(8-10-17)12-23(24,25)26/h3-10,13,19H,2,11-12H2,1H3,(H2,28,29,32). The second-order valence-electron chi connectivity index (χ2n) is 7.28. The summed E-state index contributed by atoms with van der Waals surface area (Å²) in [6, 6.07) is 12.8. The molecule has 3 aromatic rings. The number of nitrogens with one attached hydrogen (secondary N) is 2. The van der Waals surface area contributed by atoms with Crippen LogP contribution in [0.4, 0.5) is 18.9 Å². The maximum absolute atomic E-state index is 13.0. The molecule has 3 rings (SSSR count). The van der Waals surface area contributed by atoms with Crippen LogP contribution in [0, 0.1) is 11.5 Å². The van der Waals surface area contributed by atoms with E-state index in [1.54, 1.807) is 18.3 Å². The number of hydrogen-bond donors (Lipinski definition) is 2. The van der Waals surface area contributed by atoms with Gasteiger partial charge in [0.2, 0.25) is 0 Å². The van der Waals surface area contributed by atoms with Gasteiger partial charge in [-0.25, -0.2) is 4.90 Å². The topological polar surface area (TPSA) is 68.2 Å². The first-order chi connectivity index (χ1) is 15.7. The Labute approximate surface area is 198 Å². The van der Waals surface area contributed by atoms with E-state index in [0.717, 1.165) is 20.5 Å². The molecule has 1 heterocycles. The number of nitrogens with zero attached hydrogens (tertiary/aromatic N) is 2. The predicted octanol–water partition coefficient (Wildman–Crippen LogP) is 5.23. The average molecular weight is 491 g/mol. The zero-order valence-corrected chi connectivity index (χ0v) is 19.3. The van der Waals surface area contributed by atoms with Crippen LogP contribution in [0.25, 0.3) is 10.1 Å². The van der Waals surface area contributed by atoms with E-state index in [9.17, 15) is 23.2 Å². The van der Waals surface area contributed by atoms with Crippen molar-refractivity contribution in [2.45, 2.75) is 32.0 Å². The van der Waals surface area contributed by atoms with Crippen molar-refractivity contribution in [1.29, 1.82) is 5.26 Å². The van der Waals surface area contributed by atoms with Crippen molar-refractivity contribution < 1.29 is 18.0 Å². The minimum atomic E-state index is -4.28. The molecule has 0 bridgehead atoms. The van der Waals surface area contributed by atoms with Crippen LogP contribution in [0.2, 0.25) is 0 Å². The number of fused-ring (bicyclic) bond motifs is 1. The summed E-state index contributed by atoms with van der Waals surface area (Å²) in [5.41, 5.74) is 1.57. The molecule has 0 fully saturated rings. The molecule has 0 aliphatic rings. The lowest BCUT2D eigenvalue weighted by atomic mass is 10.0. The molecule has 1 aromatic heterocycles. The van der Waals surface area contributed by atoms with Crippen LogP contribution in [-0.2, 0) is 17.6 Å². The summed E-state index contributed by atoms with van der Waals surface area (Å²) in [5.74, 6) is -0.417. The third-order valence-electron chi connectivity index (χ3n) is 4.91. The van der Waals surface area contributed by atoms with E-state index >= 15 is 0 Å². The molecule has 0 saturated heterocycles. The lowest BCUT2D eigenvalue weighted by molar-refractivity contribution is -0.130. The first-order valence-corrected chi connectivity index (χ1v) is 11.4. The SMILES string of the molecule is CCN(C#N)C(=O)C(Cc1csc2ccccc12)NC(=S)Nc1ccc(CC(F)(F)F)cc1. The number of benzene rings is 2. The Balaban J connectivity index is 1.74. The maximum Gasteiger partial charge on any atom is 0.393 e. The average Bonchev–Trinajstić information content (AvgIpc) is 3.17. The van der Waals surface area contributed by atoms with Gasteiger partial charge in [0.1, 0.15) is 6.04 Å². The smallest absolute Gasteiger partial charge is 0.350 e. The van der Waals surface area contributed by atoms with Crippen LogP contribution in [0.5, 0.6) is 0 Å². The van der Waals surface area contributed by atoms with Crippen LogP contribution < -0.4 is 10.6 Å². The molecule has 0 saturated carbocycles. The Morgan fingerprint density at radius 3 is 2.55 bits per heavy atom. The molecular formula is C23H21F3N4OS2. The lowest BCUT2D eigenvalue weighted by Crippen LogP contribution is -2.49. The number of likely N-dealkylation sites (N-methyl/N-ethyl adjacent to an activating group) is 1. The first kappa shape index (κ1) is 24.5. The molecule has 5 nitrogen and oxygen atoms in total. The van der Waals surface area contributed by atoms with Crippen LogP contribution in [0.15, 0.2) is 53.9 Å². The number of alkyl halides is 3. The van der Waals surface area contributed by atoms with Crippen molar-refractivity contribution in [2.24, 2.45) is 0 Å².